The Morgan fingerprint density at radius 2 is 2.20 bits per heavy atom. The van der Waals surface area contributed by atoms with Crippen LogP contribution in [0.4, 0.5) is 4.39 Å². The monoisotopic (exact) mass is 276 g/mol. The van der Waals surface area contributed by atoms with Crippen molar-refractivity contribution in [2.75, 3.05) is 19.6 Å². The predicted octanol–water partition coefficient (Wildman–Crippen LogP) is 3.28. The SMILES string of the molecule is CCN(CC1CCCCN1)C1CCc2c(F)cccc21. The molecule has 110 valence electrons. The van der Waals surface area contributed by atoms with Crippen molar-refractivity contribution < 1.29 is 4.39 Å². The highest BCUT2D eigenvalue weighted by molar-refractivity contribution is 5.35. The first kappa shape index (κ1) is 14.0. The zero-order valence-corrected chi connectivity index (χ0v) is 12.4. The standard InChI is InChI=1S/C17H25FN2/c1-2-20(12-13-6-3-4-11-19-13)17-10-9-14-15(17)7-5-8-16(14)18/h5,7-8,13,17,19H,2-4,6,9-12H2,1H3. The summed E-state index contributed by atoms with van der Waals surface area (Å²) in [7, 11) is 0. The average molecular weight is 276 g/mol. The maximum absolute atomic E-state index is 13.9. The van der Waals surface area contributed by atoms with E-state index < -0.39 is 0 Å². The minimum Gasteiger partial charge on any atom is -0.313 e. The summed E-state index contributed by atoms with van der Waals surface area (Å²) in [6, 6.07) is 6.60. The van der Waals surface area contributed by atoms with Crippen LogP contribution in [0.15, 0.2) is 18.2 Å². The van der Waals surface area contributed by atoms with Crippen molar-refractivity contribution in [3.63, 3.8) is 0 Å². The number of benzene rings is 1. The van der Waals surface area contributed by atoms with Crippen LogP contribution in [0.2, 0.25) is 0 Å². The molecule has 0 saturated carbocycles. The van der Waals surface area contributed by atoms with Gasteiger partial charge in [0.05, 0.1) is 0 Å². The summed E-state index contributed by atoms with van der Waals surface area (Å²) in [4.78, 5) is 2.54. The van der Waals surface area contributed by atoms with E-state index in [9.17, 15) is 4.39 Å². The molecule has 1 saturated heterocycles. The van der Waals surface area contributed by atoms with Gasteiger partial charge in [-0.15, -0.1) is 0 Å². The third-order valence-corrected chi connectivity index (χ3v) is 4.90. The largest absolute Gasteiger partial charge is 0.313 e. The van der Waals surface area contributed by atoms with E-state index in [-0.39, 0.29) is 5.82 Å². The Labute approximate surface area is 121 Å². The van der Waals surface area contributed by atoms with E-state index in [2.05, 4.69) is 23.2 Å². The molecule has 2 nitrogen and oxygen atoms in total. The zero-order chi connectivity index (χ0) is 13.9. The number of hydrogen-bond donors (Lipinski definition) is 1. The molecule has 2 aliphatic rings. The second-order valence-electron chi connectivity index (χ2n) is 6.10. The van der Waals surface area contributed by atoms with Crippen LogP contribution < -0.4 is 5.32 Å². The number of rotatable bonds is 4. The van der Waals surface area contributed by atoms with Crippen LogP contribution in [0.5, 0.6) is 0 Å². The molecule has 1 heterocycles. The summed E-state index contributed by atoms with van der Waals surface area (Å²) in [5, 5.41) is 3.63. The topological polar surface area (TPSA) is 15.3 Å². The molecule has 2 atom stereocenters. The smallest absolute Gasteiger partial charge is 0.126 e. The van der Waals surface area contributed by atoms with E-state index in [1.807, 2.05) is 6.07 Å². The van der Waals surface area contributed by atoms with Crippen molar-refractivity contribution in [3.8, 4) is 0 Å². The first-order valence-corrected chi connectivity index (χ1v) is 8.04. The summed E-state index contributed by atoms with van der Waals surface area (Å²) >= 11 is 0. The highest BCUT2D eigenvalue weighted by atomic mass is 19.1. The molecular weight excluding hydrogens is 251 g/mol. The normalized spacial score (nSPS) is 25.9. The highest BCUT2D eigenvalue weighted by Gasteiger charge is 2.30. The van der Waals surface area contributed by atoms with Crippen LogP contribution in [0.25, 0.3) is 0 Å². The van der Waals surface area contributed by atoms with Gasteiger partial charge >= 0.3 is 0 Å². The van der Waals surface area contributed by atoms with Gasteiger partial charge in [0, 0.05) is 18.6 Å². The number of piperidine rings is 1. The Balaban J connectivity index is 1.73. The van der Waals surface area contributed by atoms with E-state index >= 15 is 0 Å². The van der Waals surface area contributed by atoms with Crippen LogP contribution in [-0.4, -0.2) is 30.6 Å². The molecule has 3 heteroatoms. The number of likely N-dealkylation sites (N-methyl/N-ethyl adjacent to an activating group) is 1. The molecular formula is C17H25FN2. The third-order valence-electron chi connectivity index (χ3n) is 4.90. The Bertz CT molecular complexity index is 454. The minimum atomic E-state index is -0.0168. The van der Waals surface area contributed by atoms with Gasteiger partial charge in [0.1, 0.15) is 5.82 Å². The minimum absolute atomic E-state index is 0.0168. The molecule has 0 radical (unpaired) electrons. The van der Waals surface area contributed by atoms with Gasteiger partial charge in [0.2, 0.25) is 0 Å². The summed E-state index contributed by atoms with van der Waals surface area (Å²) in [5.41, 5.74) is 2.18. The fraction of sp³-hybridized carbons (Fsp3) is 0.647. The fourth-order valence-corrected chi connectivity index (χ4v) is 3.81. The van der Waals surface area contributed by atoms with Gasteiger partial charge in [0.25, 0.3) is 0 Å². The lowest BCUT2D eigenvalue weighted by Gasteiger charge is -2.34. The Kier molecular flexibility index (Phi) is 4.37. The lowest BCUT2D eigenvalue weighted by molar-refractivity contribution is 0.173. The maximum Gasteiger partial charge on any atom is 0.126 e. The summed E-state index contributed by atoms with van der Waals surface area (Å²) in [6.45, 7) is 5.51. The first-order valence-electron chi connectivity index (χ1n) is 8.04. The summed E-state index contributed by atoms with van der Waals surface area (Å²) in [6.07, 6.45) is 5.88. The van der Waals surface area contributed by atoms with Gasteiger partial charge in [-0.25, -0.2) is 4.39 Å². The van der Waals surface area contributed by atoms with Crippen molar-refractivity contribution in [1.82, 2.24) is 10.2 Å². The van der Waals surface area contributed by atoms with Gasteiger partial charge in [0.15, 0.2) is 0 Å². The predicted molar refractivity (Wildman–Crippen MR) is 80.4 cm³/mol. The molecule has 1 aliphatic carbocycles. The van der Waals surface area contributed by atoms with Crippen molar-refractivity contribution >= 4 is 0 Å². The highest BCUT2D eigenvalue weighted by Crippen LogP contribution is 2.37. The molecule has 1 aromatic rings. The lowest BCUT2D eigenvalue weighted by atomic mass is 10.0. The fourth-order valence-electron chi connectivity index (χ4n) is 3.81. The molecule has 20 heavy (non-hydrogen) atoms. The van der Waals surface area contributed by atoms with E-state index in [4.69, 9.17) is 0 Å². The maximum atomic E-state index is 13.9. The van der Waals surface area contributed by atoms with Crippen molar-refractivity contribution in [3.05, 3.63) is 35.1 Å². The second kappa shape index (κ2) is 6.23. The molecule has 0 aromatic heterocycles. The molecule has 1 aliphatic heterocycles. The quantitative estimate of drug-likeness (QED) is 0.908. The van der Waals surface area contributed by atoms with E-state index in [0.717, 1.165) is 38.0 Å². The van der Waals surface area contributed by atoms with E-state index in [1.165, 1.54) is 24.8 Å². The molecule has 0 bridgehead atoms. The summed E-state index contributed by atoms with van der Waals surface area (Å²) < 4.78 is 13.9. The number of nitrogens with zero attached hydrogens (tertiary/aromatic N) is 1. The van der Waals surface area contributed by atoms with Crippen LogP contribution in [-0.2, 0) is 6.42 Å². The van der Waals surface area contributed by atoms with Gasteiger partial charge in [-0.1, -0.05) is 25.5 Å². The molecule has 1 aromatic carbocycles. The number of fused-ring (bicyclic) bond motifs is 1. The lowest BCUT2D eigenvalue weighted by Crippen LogP contribution is -2.44. The summed E-state index contributed by atoms with van der Waals surface area (Å²) in [5.74, 6) is -0.0168. The molecule has 1 fully saturated rings. The second-order valence-corrected chi connectivity index (χ2v) is 6.10. The van der Waals surface area contributed by atoms with Gasteiger partial charge in [-0.3, -0.25) is 4.90 Å². The van der Waals surface area contributed by atoms with Crippen molar-refractivity contribution in [2.45, 2.75) is 51.1 Å². The zero-order valence-electron chi connectivity index (χ0n) is 12.4. The average Bonchev–Trinajstić information content (AvgIpc) is 2.91. The van der Waals surface area contributed by atoms with Crippen molar-refractivity contribution in [2.24, 2.45) is 0 Å². The third kappa shape index (κ3) is 2.75. The van der Waals surface area contributed by atoms with Gasteiger partial charge in [-0.05, 0) is 56.0 Å². The van der Waals surface area contributed by atoms with Gasteiger partial charge in [-0.2, -0.15) is 0 Å². The van der Waals surface area contributed by atoms with Crippen LogP contribution >= 0.6 is 0 Å². The Morgan fingerprint density at radius 3 is 2.95 bits per heavy atom. The number of hydrogen-bond acceptors (Lipinski definition) is 2. The van der Waals surface area contributed by atoms with Crippen LogP contribution in [0.1, 0.15) is 49.8 Å². The van der Waals surface area contributed by atoms with Crippen LogP contribution in [0, 0.1) is 5.82 Å². The Morgan fingerprint density at radius 1 is 1.30 bits per heavy atom. The first-order chi connectivity index (χ1) is 9.79. The Hall–Kier alpha value is -0.930. The molecule has 0 amide bonds. The van der Waals surface area contributed by atoms with Crippen molar-refractivity contribution in [1.29, 1.82) is 0 Å². The molecule has 1 N–H and O–H groups in total. The molecule has 3 rings (SSSR count). The van der Waals surface area contributed by atoms with Gasteiger partial charge < -0.3 is 5.32 Å². The molecule has 2 unspecified atom stereocenters. The number of halogens is 1. The van der Waals surface area contributed by atoms with E-state index in [0.29, 0.717) is 12.1 Å². The van der Waals surface area contributed by atoms with E-state index in [1.54, 1.807) is 6.07 Å². The number of nitrogens with one attached hydrogen (secondary N) is 1. The molecule has 0 spiro atoms. The van der Waals surface area contributed by atoms with Crippen LogP contribution in [0.3, 0.4) is 0 Å².